The lowest BCUT2D eigenvalue weighted by Crippen LogP contribution is -2.25. The van der Waals surface area contributed by atoms with Crippen LogP contribution < -0.4 is 15.4 Å². The minimum absolute atomic E-state index is 0.00247. The SMILES string of the molecule is C=CCNC(=O)c1ccccc1NS(=O)(=O)c1nnc(NC(=O)c2ccc(Cl)cc2)s1. The molecule has 0 aliphatic heterocycles. The van der Waals surface area contributed by atoms with Crippen LogP contribution in [0.15, 0.2) is 65.5 Å². The van der Waals surface area contributed by atoms with Gasteiger partial charge in [0.25, 0.3) is 26.2 Å². The van der Waals surface area contributed by atoms with Crippen LogP contribution in [0.5, 0.6) is 0 Å². The summed E-state index contributed by atoms with van der Waals surface area (Å²) in [4.78, 5) is 24.5. The maximum Gasteiger partial charge on any atom is 0.291 e. The third-order valence-electron chi connectivity index (χ3n) is 3.79. The molecule has 0 saturated carbocycles. The van der Waals surface area contributed by atoms with Crippen LogP contribution in [0.1, 0.15) is 20.7 Å². The minimum atomic E-state index is -4.15. The Bertz CT molecular complexity index is 1230. The first-order chi connectivity index (χ1) is 14.8. The number of sulfonamides is 1. The molecular weight excluding hydrogens is 462 g/mol. The van der Waals surface area contributed by atoms with Gasteiger partial charge in [0, 0.05) is 17.1 Å². The van der Waals surface area contributed by atoms with Gasteiger partial charge >= 0.3 is 0 Å². The summed E-state index contributed by atoms with van der Waals surface area (Å²) < 4.78 is 27.4. The zero-order valence-electron chi connectivity index (χ0n) is 15.8. The summed E-state index contributed by atoms with van der Waals surface area (Å²) in [5.74, 6) is -0.958. The Morgan fingerprint density at radius 3 is 2.48 bits per heavy atom. The molecule has 12 heteroatoms. The summed E-state index contributed by atoms with van der Waals surface area (Å²) in [7, 11) is -4.15. The number of aromatic nitrogens is 2. The number of hydrogen-bond donors (Lipinski definition) is 3. The van der Waals surface area contributed by atoms with E-state index in [1.165, 1.54) is 30.3 Å². The number of halogens is 1. The van der Waals surface area contributed by atoms with Gasteiger partial charge < -0.3 is 5.32 Å². The molecule has 1 heterocycles. The van der Waals surface area contributed by atoms with Crippen molar-refractivity contribution in [2.24, 2.45) is 0 Å². The highest BCUT2D eigenvalue weighted by Gasteiger charge is 2.23. The second-order valence-corrected chi connectivity index (χ2v) is 9.25. The second kappa shape index (κ2) is 9.69. The molecule has 1 aromatic heterocycles. The van der Waals surface area contributed by atoms with Gasteiger partial charge in [0.15, 0.2) is 0 Å². The van der Waals surface area contributed by atoms with Gasteiger partial charge in [-0.05, 0) is 36.4 Å². The molecule has 2 amide bonds. The topological polar surface area (TPSA) is 130 Å². The van der Waals surface area contributed by atoms with Crippen LogP contribution in [-0.2, 0) is 10.0 Å². The van der Waals surface area contributed by atoms with Gasteiger partial charge in [-0.1, -0.05) is 41.1 Å². The molecule has 2 aromatic carbocycles. The lowest BCUT2D eigenvalue weighted by Gasteiger charge is -2.10. The van der Waals surface area contributed by atoms with E-state index in [0.29, 0.717) is 21.9 Å². The van der Waals surface area contributed by atoms with E-state index in [0.717, 1.165) is 0 Å². The van der Waals surface area contributed by atoms with Crippen LogP contribution in [0, 0.1) is 0 Å². The second-order valence-electron chi connectivity index (χ2n) is 5.98. The molecule has 0 atom stereocenters. The van der Waals surface area contributed by atoms with Crippen molar-refractivity contribution < 1.29 is 18.0 Å². The van der Waals surface area contributed by atoms with Gasteiger partial charge in [-0.15, -0.1) is 16.8 Å². The zero-order chi connectivity index (χ0) is 22.4. The number of rotatable bonds is 8. The molecule has 31 heavy (non-hydrogen) atoms. The van der Waals surface area contributed by atoms with Crippen molar-refractivity contribution in [3.63, 3.8) is 0 Å². The Balaban J connectivity index is 1.76. The number of hydrogen-bond acceptors (Lipinski definition) is 7. The highest BCUT2D eigenvalue weighted by Crippen LogP contribution is 2.25. The maximum atomic E-state index is 12.7. The number of carbonyl (C=O) groups excluding carboxylic acids is 2. The number of nitrogens with one attached hydrogen (secondary N) is 3. The Morgan fingerprint density at radius 2 is 1.77 bits per heavy atom. The van der Waals surface area contributed by atoms with Crippen molar-refractivity contribution in [1.29, 1.82) is 0 Å². The Kier molecular flexibility index (Phi) is 7.00. The highest BCUT2D eigenvalue weighted by atomic mass is 35.5. The van der Waals surface area contributed by atoms with Crippen molar-refractivity contribution in [3.8, 4) is 0 Å². The molecule has 0 radical (unpaired) electrons. The summed E-state index contributed by atoms with van der Waals surface area (Å²) in [5.41, 5.74) is 0.529. The van der Waals surface area contributed by atoms with E-state index < -0.39 is 21.8 Å². The molecule has 0 bridgehead atoms. The molecule has 0 fully saturated rings. The largest absolute Gasteiger partial charge is 0.349 e. The number of nitrogens with zero attached hydrogens (tertiary/aromatic N) is 2. The fraction of sp³-hybridized carbons (Fsp3) is 0.0526. The summed E-state index contributed by atoms with van der Waals surface area (Å²) in [5, 5.41) is 12.9. The first kappa shape index (κ1) is 22.4. The van der Waals surface area contributed by atoms with Crippen molar-refractivity contribution in [1.82, 2.24) is 15.5 Å². The van der Waals surface area contributed by atoms with Crippen molar-refractivity contribution in [2.75, 3.05) is 16.6 Å². The van der Waals surface area contributed by atoms with Gasteiger partial charge in [0.1, 0.15) is 0 Å². The highest BCUT2D eigenvalue weighted by molar-refractivity contribution is 7.94. The van der Waals surface area contributed by atoms with E-state index in [-0.39, 0.29) is 27.3 Å². The summed E-state index contributed by atoms with van der Waals surface area (Å²) in [6, 6.07) is 12.3. The number of para-hydroxylation sites is 1. The van der Waals surface area contributed by atoms with E-state index in [9.17, 15) is 18.0 Å². The molecular formula is C19H16ClN5O4S2. The van der Waals surface area contributed by atoms with E-state index >= 15 is 0 Å². The van der Waals surface area contributed by atoms with Gasteiger partial charge in [-0.25, -0.2) is 0 Å². The smallest absolute Gasteiger partial charge is 0.291 e. The van der Waals surface area contributed by atoms with Crippen LogP contribution in [0.3, 0.4) is 0 Å². The van der Waals surface area contributed by atoms with E-state index in [2.05, 4.69) is 32.1 Å². The molecule has 160 valence electrons. The lowest BCUT2D eigenvalue weighted by molar-refractivity contribution is 0.0958. The molecule has 3 aromatic rings. The minimum Gasteiger partial charge on any atom is -0.349 e. The molecule has 0 saturated heterocycles. The predicted molar refractivity (Wildman–Crippen MR) is 119 cm³/mol. The Labute approximate surface area is 187 Å². The van der Waals surface area contributed by atoms with E-state index in [4.69, 9.17) is 11.6 Å². The van der Waals surface area contributed by atoms with Gasteiger partial charge in [0.05, 0.1) is 11.3 Å². The maximum absolute atomic E-state index is 12.7. The summed E-state index contributed by atoms with van der Waals surface area (Å²) in [6.07, 6.45) is 1.51. The quantitative estimate of drug-likeness (QED) is 0.337. The zero-order valence-corrected chi connectivity index (χ0v) is 18.2. The Morgan fingerprint density at radius 1 is 1.06 bits per heavy atom. The van der Waals surface area contributed by atoms with Gasteiger partial charge in [-0.3, -0.25) is 19.6 Å². The van der Waals surface area contributed by atoms with Gasteiger partial charge in [0.2, 0.25) is 5.13 Å². The predicted octanol–water partition coefficient (Wildman–Crippen LogP) is 3.16. The van der Waals surface area contributed by atoms with Crippen LogP contribution in [0.25, 0.3) is 0 Å². The Hall–Kier alpha value is -3.28. The molecule has 0 unspecified atom stereocenters. The number of amides is 2. The van der Waals surface area contributed by atoms with Gasteiger partial charge in [-0.2, -0.15) is 8.42 Å². The fourth-order valence-corrected chi connectivity index (χ4v) is 4.46. The molecule has 3 N–H and O–H groups in total. The third kappa shape index (κ3) is 5.66. The van der Waals surface area contributed by atoms with E-state index in [1.54, 1.807) is 24.3 Å². The molecule has 0 aliphatic carbocycles. The normalized spacial score (nSPS) is 10.9. The number of benzene rings is 2. The number of anilines is 2. The van der Waals surface area contributed by atoms with Crippen molar-refractivity contribution in [3.05, 3.63) is 77.3 Å². The first-order valence-corrected chi connectivity index (χ1v) is 11.4. The molecule has 0 aliphatic rings. The summed E-state index contributed by atoms with van der Waals surface area (Å²) >= 11 is 6.47. The number of carbonyl (C=O) groups is 2. The average molecular weight is 478 g/mol. The standard InChI is InChI=1S/C19H16ClN5O4S2/c1-2-11-21-17(27)14-5-3-4-6-15(14)25-31(28,29)19-24-23-18(30-19)22-16(26)12-7-9-13(20)10-8-12/h2-10,25H,1,11H2,(H,21,27)(H,22,23,26). The monoisotopic (exact) mass is 477 g/mol. The van der Waals surface area contributed by atoms with Crippen LogP contribution in [-0.4, -0.2) is 37.0 Å². The molecule has 3 rings (SSSR count). The van der Waals surface area contributed by atoms with Crippen molar-refractivity contribution in [2.45, 2.75) is 4.34 Å². The van der Waals surface area contributed by atoms with Crippen LogP contribution in [0.4, 0.5) is 10.8 Å². The van der Waals surface area contributed by atoms with Crippen LogP contribution in [0.2, 0.25) is 5.02 Å². The first-order valence-electron chi connectivity index (χ1n) is 8.71. The van der Waals surface area contributed by atoms with Crippen molar-refractivity contribution >= 4 is 55.6 Å². The third-order valence-corrected chi connectivity index (χ3v) is 6.61. The fourth-order valence-electron chi connectivity index (χ4n) is 2.36. The van der Waals surface area contributed by atoms with Crippen LogP contribution >= 0.6 is 22.9 Å². The molecule has 9 nitrogen and oxygen atoms in total. The van der Waals surface area contributed by atoms with E-state index in [1.807, 2.05) is 0 Å². The lowest BCUT2D eigenvalue weighted by atomic mass is 10.1. The summed E-state index contributed by atoms with van der Waals surface area (Å²) in [6.45, 7) is 3.75. The average Bonchev–Trinajstić information content (AvgIpc) is 3.22. The molecule has 0 spiro atoms.